The quantitative estimate of drug-likeness (QED) is 0.888. The van der Waals surface area contributed by atoms with E-state index in [1.807, 2.05) is 0 Å². The van der Waals surface area contributed by atoms with E-state index < -0.39 is 11.9 Å². The summed E-state index contributed by atoms with van der Waals surface area (Å²) >= 11 is 5.84. The first-order valence-corrected chi connectivity index (χ1v) is 6.21. The van der Waals surface area contributed by atoms with Gasteiger partial charge in [-0.15, -0.1) is 0 Å². The summed E-state index contributed by atoms with van der Waals surface area (Å²) in [6.07, 6.45) is 3.02. The second kappa shape index (κ2) is 5.02. The molecule has 1 fully saturated rings. The highest BCUT2D eigenvalue weighted by atomic mass is 35.5. The van der Waals surface area contributed by atoms with E-state index in [9.17, 15) is 9.59 Å². The van der Waals surface area contributed by atoms with E-state index in [1.54, 1.807) is 28.8 Å². The maximum Gasteiger partial charge on any atom is 0.308 e. The van der Waals surface area contributed by atoms with Crippen LogP contribution in [-0.2, 0) is 11.8 Å². The van der Waals surface area contributed by atoms with E-state index in [-0.39, 0.29) is 12.5 Å². The van der Waals surface area contributed by atoms with E-state index >= 15 is 0 Å². The van der Waals surface area contributed by atoms with Crippen molar-refractivity contribution in [3.8, 4) is 0 Å². The molecule has 1 atom stereocenters. The molecule has 1 saturated heterocycles. The van der Waals surface area contributed by atoms with Gasteiger partial charge in [0.25, 0.3) is 5.91 Å². The molecule has 18 heavy (non-hydrogen) atoms. The van der Waals surface area contributed by atoms with Crippen molar-refractivity contribution in [2.75, 3.05) is 13.1 Å². The molecule has 1 aromatic heterocycles. The van der Waals surface area contributed by atoms with E-state index in [0.717, 1.165) is 6.42 Å². The number of amides is 1. The zero-order valence-corrected chi connectivity index (χ0v) is 10.9. The number of aryl methyl sites for hydroxylation is 1. The number of likely N-dealkylation sites (tertiary alicyclic amines) is 1. The molecule has 1 amide bonds. The number of nitrogens with zero attached hydrogens (tertiary/aromatic N) is 2. The average Bonchev–Trinajstić information content (AvgIpc) is 2.67. The second-order valence-electron chi connectivity index (χ2n) is 4.58. The molecule has 1 aromatic rings. The van der Waals surface area contributed by atoms with Crippen LogP contribution >= 0.6 is 11.6 Å². The molecule has 0 spiro atoms. The van der Waals surface area contributed by atoms with Gasteiger partial charge >= 0.3 is 5.97 Å². The van der Waals surface area contributed by atoms with Gasteiger partial charge in [-0.2, -0.15) is 0 Å². The van der Waals surface area contributed by atoms with Crippen LogP contribution < -0.4 is 0 Å². The molecular formula is C12H15ClN2O3. The number of halogens is 1. The number of carboxylic acid groups (broad SMARTS) is 1. The third kappa shape index (κ3) is 2.51. The molecule has 2 rings (SSSR count). The molecule has 6 heteroatoms. The first-order valence-electron chi connectivity index (χ1n) is 5.83. The predicted octanol–water partition coefficient (Wildman–Crippen LogP) is 1.62. The number of hydrogen-bond donors (Lipinski definition) is 1. The van der Waals surface area contributed by atoms with Crippen LogP contribution in [0, 0.1) is 5.92 Å². The Balaban J connectivity index is 2.14. The van der Waals surface area contributed by atoms with Gasteiger partial charge in [0, 0.05) is 26.3 Å². The maximum absolute atomic E-state index is 12.3. The highest BCUT2D eigenvalue weighted by molar-refractivity contribution is 6.31. The fraction of sp³-hybridized carbons (Fsp3) is 0.500. The number of carbonyl (C=O) groups excluding carboxylic acids is 1. The Bertz CT molecular complexity index is 484. The minimum atomic E-state index is -0.836. The molecule has 1 aliphatic rings. The topological polar surface area (TPSA) is 62.5 Å². The minimum absolute atomic E-state index is 0.157. The fourth-order valence-corrected chi connectivity index (χ4v) is 2.51. The molecule has 0 unspecified atom stereocenters. The van der Waals surface area contributed by atoms with Crippen molar-refractivity contribution < 1.29 is 14.7 Å². The normalized spacial score (nSPS) is 19.9. The molecule has 0 saturated carbocycles. The van der Waals surface area contributed by atoms with Crippen LogP contribution in [0.2, 0.25) is 5.02 Å². The van der Waals surface area contributed by atoms with Crippen molar-refractivity contribution in [2.24, 2.45) is 13.0 Å². The van der Waals surface area contributed by atoms with Gasteiger partial charge < -0.3 is 14.6 Å². The molecule has 2 heterocycles. The largest absolute Gasteiger partial charge is 0.481 e. The van der Waals surface area contributed by atoms with Crippen molar-refractivity contribution in [3.63, 3.8) is 0 Å². The van der Waals surface area contributed by atoms with Crippen molar-refractivity contribution >= 4 is 23.5 Å². The third-order valence-corrected chi connectivity index (χ3v) is 3.46. The van der Waals surface area contributed by atoms with Gasteiger partial charge in [0.2, 0.25) is 0 Å². The van der Waals surface area contributed by atoms with Crippen molar-refractivity contribution in [1.29, 1.82) is 0 Å². The van der Waals surface area contributed by atoms with Crippen LogP contribution in [0.4, 0.5) is 0 Å². The van der Waals surface area contributed by atoms with Gasteiger partial charge in [-0.05, 0) is 18.9 Å². The summed E-state index contributed by atoms with van der Waals surface area (Å²) < 4.78 is 1.66. The van der Waals surface area contributed by atoms with Crippen LogP contribution in [0.1, 0.15) is 23.3 Å². The van der Waals surface area contributed by atoms with Gasteiger partial charge in [-0.25, -0.2) is 0 Å². The lowest BCUT2D eigenvalue weighted by Crippen LogP contribution is -2.42. The zero-order valence-electron chi connectivity index (χ0n) is 10.1. The first-order chi connectivity index (χ1) is 8.49. The van der Waals surface area contributed by atoms with E-state index in [2.05, 4.69) is 0 Å². The van der Waals surface area contributed by atoms with Crippen LogP contribution in [0.5, 0.6) is 0 Å². The Labute approximate surface area is 110 Å². The summed E-state index contributed by atoms with van der Waals surface area (Å²) in [4.78, 5) is 24.8. The monoisotopic (exact) mass is 270 g/mol. The van der Waals surface area contributed by atoms with Crippen LogP contribution in [0.15, 0.2) is 12.3 Å². The van der Waals surface area contributed by atoms with Crippen molar-refractivity contribution in [3.05, 3.63) is 23.0 Å². The zero-order chi connectivity index (χ0) is 13.3. The number of piperidine rings is 1. The summed E-state index contributed by atoms with van der Waals surface area (Å²) in [5.74, 6) is -1.45. The Morgan fingerprint density at radius 2 is 2.22 bits per heavy atom. The SMILES string of the molecule is Cn1cc(Cl)cc1C(=O)N1CCC[C@H](C(=O)O)C1. The van der Waals surface area contributed by atoms with E-state index in [4.69, 9.17) is 16.7 Å². The summed E-state index contributed by atoms with van der Waals surface area (Å²) in [6, 6.07) is 1.61. The number of hydrogen-bond acceptors (Lipinski definition) is 2. The summed E-state index contributed by atoms with van der Waals surface area (Å²) in [7, 11) is 1.75. The molecule has 0 bridgehead atoms. The van der Waals surface area contributed by atoms with E-state index in [1.165, 1.54) is 0 Å². The standard InChI is InChI=1S/C12H15ClN2O3/c1-14-7-9(13)5-10(14)11(16)15-4-2-3-8(6-15)12(17)18/h5,7-8H,2-4,6H2,1H3,(H,17,18)/t8-/m0/s1. The minimum Gasteiger partial charge on any atom is -0.481 e. The smallest absolute Gasteiger partial charge is 0.308 e. The molecule has 1 aliphatic heterocycles. The van der Waals surface area contributed by atoms with Gasteiger partial charge in [0.05, 0.1) is 10.9 Å². The number of carbonyl (C=O) groups is 2. The summed E-state index contributed by atoms with van der Waals surface area (Å²) in [6.45, 7) is 0.877. The Morgan fingerprint density at radius 1 is 1.50 bits per heavy atom. The van der Waals surface area contributed by atoms with Gasteiger partial charge in [-0.3, -0.25) is 9.59 Å². The Hall–Kier alpha value is -1.49. The highest BCUT2D eigenvalue weighted by Crippen LogP contribution is 2.20. The van der Waals surface area contributed by atoms with Crippen LogP contribution in [0.25, 0.3) is 0 Å². The molecule has 1 N–H and O–H groups in total. The maximum atomic E-state index is 12.3. The number of aromatic nitrogens is 1. The summed E-state index contributed by atoms with van der Waals surface area (Å²) in [5, 5.41) is 9.51. The van der Waals surface area contributed by atoms with Gasteiger partial charge in [0.15, 0.2) is 0 Å². The third-order valence-electron chi connectivity index (χ3n) is 3.25. The molecule has 0 aromatic carbocycles. The molecule has 98 valence electrons. The van der Waals surface area contributed by atoms with Gasteiger partial charge in [0.1, 0.15) is 5.69 Å². The average molecular weight is 271 g/mol. The lowest BCUT2D eigenvalue weighted by atomic mass is 9.98. The second-order valence-corrected chi connectivity index (χ2v) is 5.02. The van der Waals surface area contributed by atoms with Crippen molar-refractivity contribution in [2.45, 2.75) is 12.8 Å². The van der Waals surface area contributed by atoms with Crippen LogP contribution in [-0.4, -0.2) is 39.5 Å². The molecule has 0 aliphatic carbocycles. The number of aliphatic carboxylic acids is 1. The predicted molar refractivity (Wildman–Crippen MR) is 66.7 cm³/mol. The fourth-order valence-electron chi connectivity index (χ4n) is 2.26. The first kappa shape index (κ1) is 13.0. The van der Waals surface area contributed by atoms with Crippen LogP contribution in [0.3, 0.4) is 0 Å². The molecule has 5 nitrogen and oxygen atoms in total. The lowest BCUT2D eigenvalue weighted by Gasteiger charge is -2.30. The van der Waals surface area contributed by atoms with Gasteiger partial charge in [-0.1, -0.05) is 11.6 Å². The lowest BCUT2D eigenvalue weighted by molar-refractivity contribution is -0.143. The Kier molecular flexibility index (Phi) is 3.61. The highest BCUT2D eigenvalue weighted by Gasteiger charge is 2.29. The van der Waals surface area contributed by atoms with E-state index in [0.29, 0.717) is 23.7 Å². The molecular weight excluding hydrogens is 256 g/mol. The number of rotatable bonds is 2. The Morgan fingerprint density at radius 3 is 2.78 bits per heavy atom. The number of carboxylic acids is 1. The van der Waals surface area contributed by atoms with Crippen molar-refractivity contribution in [1.82, 2.24) is 9.47 Å². The summed E-state index contributed by atoms with van der Waals surface area (Å²) in [5.41, 5.74) is 0.492. The molecule has 0 radical (unpaired) electrons.